The molecular formula is C11H17BrN4O. The quantitative estimate of drug-likeness (QED) is 0.787. The third-order valence-corrected chi connectivity index (χ3v) is 3.54. The van der Waals surface area contributed by atoms with Crippen molar-refractivity contribution in [2.45, 2.75) is 19.3 Å². The number of hydrogen-bond acceptors (Lipinski definition) is 5. The first-order chi connectivity index (χ1) is 8.13. The molecule has 5 nitrogen and oxygen atoms in total. The number of nitrogens with one attached hydrogen (secondary N) is 1. The third kappa shape index (κ3) is 3.54. The van der Waals surface area contributed by atoms with Crippen molar-refractivity contribution in [1.82, 2.24) is 9.97 Å². The number of hydrogen-bond donors (Lipinski definition) is 2. The molecule has 2 rings (SSSR count). The van der Waals surface area contributed by atoms with Gasteiger partial charge >= 0.3 is 0 Å². The van der Waals surface area contributed by atoms with Gasteiger partial charge in [-0.1, -0.05) is 0 Å². The van der Waals surface area contributed by atoms with E-state index in [0.717, 1.165) is 19.6 Å². The first-order valence-corrected chi connectivity index (χ1v) is 6.46. The molecule has 0 aliphatic heterocycles. The molecule has 94 valence electrons. The van der Waals surface area contributed by atoms with Gasteiger partial charge in [0.25, 0.3) is 0 Å². The normalized spacial score (nSPS) is 16.8. The number of ether oxygens (including phenoxy) is 1. The van der Waals surface area contributed by atoms with Crippen LogP contribution in [-0.2, 0) is 4.74 Å². The van der Waals surface area contributed by atoms with Gasteiger partial charge in [0.15, 0.2) is 0 Å². The minimum Gasteiger partial charge on any atom is -0.385 e. The highest BCUT2D eigenvalue weighted by Crippen LogP contribution is 2.48. The topological polar surface area (TPSA) is 73.1 Å². The summed E-state index contributed by atoms with van der Waals surface area (Å²) < 4.78 is 5.82. The Kier molecular flexibility index (Phi) is 3.83. The molecule has 0 bridgehead atoms. The number of anilines is 2. The van der Waals surface area contributed by atoms with Gasteiger partial charge in [-0.05, 0) is 40.6 Å². The lowest BCUT2D eigenvalue weighted by atomic mass is 10.0. The Morgan fingerprint density at radius 1 is 1.53 bits per heavy atom. The Morgan fingerprint density at radius 2 is 2.29 bits per heavy atom. The Labute approximate surface area is 109 Å². The van der Waals surface area contributed by atoms with Crippen molar-refractivity contribution >= 4 is 27.7 Å². The van der Waals surface area contributed by atoms with Crippen molar-refractivity contribution < 1.29 is 4.74 Å². The van der Waals surface area contributed by atoms with Gasteiger partial charge in [0.2, 0.25) is 5.95 Å². The van der Waals surface area contributed by atoms with E-state index in [-0.39, 0.29) is 0 Å². The highest BCUT2D eigenvalue weighted by atomic mass is 79.9. The molecule has 0 saturated heterocycles. The van der Waals surface area contributed by atoms with Gasteiger partial charge in [-0.25, -0.2) is 4.98 Å². The van der Waals surface area contributed by atoms with Crippen LogP contribution in [0.5, 0.6) is 0 Å². The summed E-state index contributed by atoms with van der Waals surface area (Å²) in [5.41, 5.74) is 6.02. The minimum atomic E-state index is 0.371. The molecule has 1 aromatic heterocycles. The molecule has 0 radical (unpaired) electrons. The molecule has 1 aromatic rings. The van der Waals surface area contributed by atoms with E-state index in [4.69, 9.17) is 10.5 Å². The van der Waals surface area contributed by atoms with Gasteiger partial charge < -0.3 is 15.8 Å². The zero-order valence-electron chi connectivity index (χ0n) is 9.87. The maximum absolute atomic E-state index is 5.65. The Morgan fingerprint density at radius 3 is 2.88 bits per heavy atom. The number of rotatable bonds is 6. The highest BCUT2D eigenvalue weighted by molar-refractivity contribution is 9.10. The summed E-state index contributed by atoms with van der Waals surface area (Å²) in [7, 11) is 1.74. The van der Waals surface area contributed by atoms with E-state index in [0.29, 0.717) is 21.8 Å². The number of halogens is 1. The van der Waals surface area contributed by atoms with Crippen LogP contribution >= 0.6 is 15.9 Å². The van der Waals surface area contributed by atoms with Crippen LogP contribution in [-0.4, -0.2) is 30.2 Å². The average molecular weight is 301 g/mol. The molecule has 3 N–H and O–H groups in total. The van der Waals surface area contributed by atoms with E-state index in [1.54, 1.807) is 13.2 Å². The Bertz CT molecular complexity index is 375. The average Bonchev–Trinajstić information content (AvgIpc) is 3.03. The Hall–Kier alpha value is -0.880. The third-order valence-electron chi connectivity index (χ3n) is 3.13. The van der Waals surface area contributed by atoms with Crippen LogP contribution in [0.2, 0.25) is 0 Å². The number of methoxy groups -OCH3 is 1. The summed E-state index contributed by atoms with van der Waals surface area (Å²) in [6, 6.07) is 1.68. The van der Waals surface area contributed by atoms with Crippen LogP contribution < -0.4 is 11.1 Å². The zero-order valence-corrected chi connectivity index (χ0v) is 11.5. The molecule has 0 atom stereocenters. The van der Waals surface area contributed by atoms with Gasteiger partial charge in [0, 0.05) is 26.3 Å². The second-order valence-corrected chi connectivity index (χ2v) is 5.35. The largest absolute Gasteiger partial charge is 0.385 e. The summed E-state index contributed by atoms with van der Waals surface area (Å²) in [5, 5.41) is 3.25. The predicted octanol–water partition coefficient (Wildman–Crippen LogP) is 2.05. The fraction of sp³-hybridized carbons (Fsp3) is 0.636. The number of nitrogens with two attached hydrogens (primary N) is 1. The van der Waals surface area contributed by atoms with Gasteiger partial charge in [-0.2, -0.15) is 4.98 Å². The van der Waals surface area contributed by atoms with Gasteiger partial charge in [-0.3, -0.25) is 0 Å². The van der Waals surface area contributed by atoms with Crippen molar-refractivity contribution in [3.8, 4) is 0 Å². The fourth-order valence-corrected chi connectivity index (χ4v) is 2.19. The van der Waals surface area contributed by atoms with Crippen molar-refractivity contribution in [2.75, 3.05) is 31.3 Å². The summed E-state index contributed by atoms with van der Waals surface area (Å²) >= 11 is 3.30. The molecule has 1 fully saturated rings. The van der Waals surface area contributed by atoms with E-state index in [9.17, 15) is 0 Å². The standard InChI is InChI=1S/C11H17BrN4O/c1-17-5-4-11(2-3-11)7-14-10-15-8(12)6-9(13)16-10/h6H,2-5,7H2,1H3,(H3,13,14,15,16). The SMILES string of the molecule is COCCC1(CNc2nc(N)cc(Br)n2)CC1. The lowest BCUT2D eigenvalue weighted by Gasteiger charge is -2.15. The molecule has 0 aromatic carbocycles. The number of nitrogens with zero attached hydrogens (tertiary/aromatic N) is 2. The number of nitrogen functional groups attached to an aromatic ring is 1. The van der Waals surface area contributed by atoms with Crippen molar-refractivity contribution in [1.29, 1.82) is 0 Å². The molecule has 17 heavy (non-hydrogen) atoms. The summed E-state index contributed by atoms with van der Waals surface area (Å²) in [5.74, 6) is 1.05. The first-order valence-electron chi connectivity index (χ1n) is 5.66. The van der Waals surface area contributed by atoms with E-state index in [1.807, 2.05) is 0 Å². The molecular weight excluding hydrogens is 284 g/mol. The molecule has 1 heterocycles. The molecule has 1 aliphatic carbocycles. The van der Waals surface area contributed by atoms with Crippen molar-refractivity contribution in [3.63, 3.8) is 0 Å². The molecule has 1 saturated carbocycles. The molecule has 0 spiro atoms. The van der Waals surface area contributed by atoms with E-state index >= 15 is 0 Å². The zero-order chi connectivity index (χ0) is 12.3. The lowest BCUT2D eigenvalue weighted by Crippen LogP contribution is -2.18. The highest BCUT2D eigenvalue weighted by Gasteiger charge is 2.41. The van der Waals surface area contributed by atoms with E-state index < -0.39 is 0 Å². The van der Waals surface area contributed by atoms with Crippen LogP contribution in [0.3, 0.4) is 0 Å². The predicted molar refractivity (Wildman–Crippen MR) is 70.8 cm³/mol. The van der Waals surface area contributed by atoms with Crippen molar-refractivity contribution in [3.05, 3.63) is 10.7 Å². The summed E-state index contributed by atoms with van der Waals surface area (Å²) in [4.78, 5) is 8.37. The smallest absolute Gasteiger partial charge is 0.225 e. The van der Waals surface area contributed by atoms with Crippen LogP contribution in [0, 0.1) is 5.41 Å². The molecule has 1 aliphatic rings. The lowest BCUT2D eigenvalue weighted by molar-refractivity contribution is 0.175. The van der Waals surface area contributed by atoms with Crippen LogP contribution in [0.25, 0.3) is 0 Å². The van der Waals surface area contributed by atoms with Gasteiger partial charge in [0.05, 0.1) is 0 Å². The van der Waals surface area contributed by atoms with Gasteiger partial charge in [-0.15, -0.1) is 0 Å². The molecule has 6 heteroatoms. The Balaban J connectivity index is 1.89. The maximum atomic E-state index is 5.65. The molecule has 0 unspecified atom stereocenters. The second-order valence-electron chi connectivity index (χ2n) is 4.54. The maximum Gasteiger partial charge on any atom is 0.225 e. The second kappa shape index (κ2) is 5.18. The van der Waals surface area contributed by atoms with E-state index in [1.165, 1.54) is 12.8 Å². The summed E-state index contributed by atoms with van der Waals surface area (Å²) in [6.07, 6.45) is 3.57. The van der Waals surface area contributed by atoms with Crippen LogP contribution in [0.15, 0.2) is 10.7 Å². The minimum absolute atomic E-state index is 0.371. The first kappa shape index (κ1) is 12.6. The summed E-state index contributed by atoms with van der Waals surface area (Å²) in [6.45, 7) is 1.69. The van der Waals surface area contributed by atoms with E-state index in [2.05, 4.69) is 31.2 Å². The monoisotopic (exact) mass is 300 g/mol. The van der Waals surface area contributed by atoms with Crippen molar-refractivity contribution in [2.24, 2.45) is 5.41 Å². The van der Waals surface area contributed by atoms with Crippen LogP contribution in [0.4, 0.5) is 11.8 Å². The van der Waals surface area contributed by atoms with Gasteiger partial charge in [0.1, 0.15) is 10.4 Å². The van der Waals surface area contributed by atoms with Crippen LogP contribution in [0.1, 0.15) is 19.3 Å². The molecule has 0 amide bonds. The fourth-order valence-electron chi connectivity index (χ4n) is 1.79. The number of aromatic nitrogens is 2.